The number of hydrogen-bond acceptors (Lipinski definition) is 7. The first kappa shape index (κ1) is 22.2. The van der Waals surface area contributed by atoms with E-state index in [0.717, 1.165) is 5.56 Å². The number of benzene rings is 2. The number of fused-ring (bicyclic) bond motifs is 1. The van der Waals surface area contributed by atoms with Crippen LogP contribution in [0.15, 0.2) is 59.5 Å². The highest BCUT2D eigenvalue weighted by Crippen LogP contribution is 2.29. The van der Waals surface area contributed by atoms with Crippen LogP contribution in [0.3, 0.4) is 0 Å². The van der Waals surface area contributed by atoms with E-state index >= 15 is 0 Å². The van der Waals surface area contributed by atoms with E-state index in [1.807, 2.05) is 30.3 Å². The molecule has 2 aromatic rings. The Hall–Kier alpha value is -3.02. The average molecular weight is 461 g/mol. The highest BCUT2D eigenvalue weighted by atomic mass is 32.2. The van der Waals surface area contributed by atoms with Crippen LogP contribution in [-0.4, -0.2) is 67.0 Å². The predicted molar refractivity (Wildman–Crippen MR) is 113 cm³/mol. The maximum absolute atomic E-state index is 13.2. The lowest BCUT2D eigenvalue weighted by Crippen LogP contribution is -2.61. The van der Waals surface area contributed by atoms with Gasteiger partial charge in [-0.2, -0.15) is 4.31 Å². The minimum Gasteiger partial charge on any atom is -0.445 e. The van der Waals surface area contributed by atoms with E-state index in [0.29, 0.717) is 13.0 Å². The Kier molecular flexibility index (Phi) is 6.40. The van der Waals surface area contributed by atoms with Crippen LogP contribution in [0.25, 0.3) is 0 Å². The average Bonchev–Trinajstić information content (AvgIpc) is 2.82. The van der Waals surface area contributed by atoms with Crippen LogP contribution in [0.4, 0.5) is 10.5 Å². The zero-order chi connectivity index (χ0) is 22.7. The zero-order valence-electron chi connectivity index (χ0n) is 17.2. The topological polar surface area (TPSA) is 119 Å². The van der Waals surface area contributed by atoms with Gasteiger partial charge in [0.15, 0.2) is 0 Å². The number of non-ortho nitro benzene ring substituents is 1. The van der Waals surface area contributed by atoms with Crippen molar-refractivity contribution in [2.45, 2.75) is 30.1 Å². The van der Waals surface area contributed by atoms with Crippen molar-refractivity contribution in [3.63, 3.8) is 0 Å². The molecule has 10 nitrogen and oxygen atoms in total. The second-order valence-electron chi connectivity index (χ2n) is 7.62. The zero-order valence-corrected chi connectivity index (χ0v) is 18.0. The molecule has 2 heterocycles. The summed E-state index contributed by atoms with van der Waals surface area (Å²) in [5, 5.41) is 10.9. The lowest BCUT2D eigenvalue weighted by Gasteiger charge is -2.45. The smallest absolute Gasteiger partial charge is 0.410 e. The Bertz CT molecular complexity index is 1080. The van der Waals surface area contributed by atoms with Crippen LogP contribution in [0.1, 0.15) is 12.0 Å². The van der Waals surface area contributed by atoms with E-state index in [4.69, 9.17) is 9.47 Å². The molecule has 0 saturated carbocycles. The van der Waals surface area contributed by atoms with Crippen molar-refractivity contribution in [3.8, 4) is 0 Å². The molecule has 0 bridgehead atoms. The van der Waals surface area contributed by atoms with E-state index in [9.17, 15) is 23.3 Å². The first-order chi connectivity index (χ1) is 15.4. The number of piperidine rings is 1. The molecule has 32 heavy (non-hydrogen) atoms. The van der Waals surface area contributed by atoms with E-state index in [1.165, 1.54) is 33.5 Å². The third-order valence-corrected chi connectivity index (χ3v) is 7.59. The lowest BCUT2D eigenvalue weighted by molar-refractivity contribution is -0.384. The second-order valence-corrected chi connectivity index (χ2v) is 9.51. The fourth-order valence-corrected chi connectivity index (χ4v) is 5.67. The maximum Gasteiger partial charge on any atom is 0.410 e. The van der Waals surface area contributed by atoms with Gasteiger partial charge >= 0.3 is 6.09 Å². The van der Waals surface area contributed by atoms with Crippen LogP contribution in [-0.2, 0) is 26.1 Å². The van der Waals surface area contributed by atoms with Gasteiger partial charge in [0.05, 0.1) is 35.1 Å². The molecule has 11 heteroatoms. The first-order valence-corrected chi connectivity index (χ1v) is 11.6. The number of nitrogens with zero attached hydrogens (tertiary/aromatic N) is 3. The Labute approximate surface area is 185 Å². The number of carbonyl (C=O) groups is 1. The standard InChI is InChI=1S/C21H23N3O7S/c25-21(31-15-16-4-2-1-3-5-16)22-11-10-19-20(14-22)30-13-12-23(19)32(28,29)18-8-6-17(7-9-18)24(26)27/h1-9,19-20H,10-15H2/t19-,20+/m1/s1. The normalized spacial score (nSPS) is 21.6. The van der Waals surface area contributed by atoms with Gasteiger partial charge in [-0.1, -0.05) is 30.3 Å². The van der Waals surface area contributed by atoms with Gasteiger partial charge in [-0.05, 0) is 24.1 Å². The number of hydrogen-bond donors (Lipinski definition) is 0. The number of sulfonamides is 1. The van der Waals surface area contributed by atoms with Crippen molar-refractivity contribution < 1.29 is 27.6 Å². The van der Waals surface area contributed by atoms with Gasteiger partial charge in [0.1, 0.15) is 6.61 Å². The quantitative estimate of drug-likeness (QED) is 0.495. The van der Waals surface area contributed by atoms with Crippen LogP contribution in [0.2, 0.25) is 0 Å². The van der Waals surface area contributed by atoms with Gasteiger partial charge in [-0.15, -0.1) is 0 Å². The lowest BCUT2D eigenvalue weighted by atomic mass is 10.0. The summed E-state index contributed by atoms with van der Waals surface area (Å²) in [5.41, 5.74) is 0.705. The van der Waals surface area contributed by atoms with Gasteiger partial charge in [0.2, 0.25) is 10.0 Å². The Morgan fingerprint density at radius 2 is 1.84 bits per heavy atom. The van der Waals surface area contributed by atoms with Crippen LogP contribution in [0, 0.1) is 10.1 Å². The van der Waals surface area contributed by atoms with Crippen molar-refractivity contribution >= 4 is 21.8 Å². The Balaban J connectivity index is 1.42. The molecule has 2 saturated heterocycles. The Morgan fingerprint density at radius 1 is 1.12 bits per heavy atom. The fraction of sp³-hybridized carbons (Fsp3) is 0.381. The predicted octanol–water partition coefficient (Wildman–Crippen LogP) is 2.40. The third-order valence-electron chi connectivity index (χ3n) is 5.66. The van der Waals surface area contributed by atoms with Gasteiger partial charge in [0, 0.05) is 25.2 Å². The van der Waals surface area contributed by atoms with Crippen molar-refractivity contribution in [2.75, 3.05) is 26.2 Å². The number of amides is 1. The summed E-state index contributed by atoms with van der Waals surface area (Å²) in [6.07, 6.45) is -0.544. The summed E-state index contributed by atoms with van der Waals surface area (Å²) in [4.78, 5) is 24.3. The summed E-state index contributed by atoms with van der Waals surface area (Å²) in [6, 6.07) is 13.8. The van der Waals surface area contributed by atoms with Crippen molar-refractivity contribution in [2.24, 2.45) is 0 Å². The van der Waals surface area contributed by atoms with Crippen molar-refractivity contribution in [1.29, 1.82) is 0 Å². The van der Waals surface area contributed by atoms with Crippen LogP contribution < -0.4 is 0 Å². The summed E-state index contributed by atoms with van der Waals surface area (Å²) in [7, 11) is -3.86. The molecule has 2 fully saturated rings. The molecule has 0 unspecified atom stereocenters. The molecule has 0 spiro atoms. The molecule has 2 aliphatic rings. The molecule has 0 N–H and O–H groups in total. The number of nitro groups is 1. The Morgan fingerprint density at radius 3 is 2.53 bits per heavy atom. The SMILES string of the molecule is O=C(OCc1ccccc1)N1CC[C@@H]2[C@H](C1)OCCN2S(=O)(=O)c1ccc([N+](=O)[O-])cc1. The molecule has 0 radical (unpaired) electrons. The van der Waals surface area contributed by atoms with Gasteiger partial charge in [-0.25, -0.2) is 13.2 Å². The first-order valence-electron chi connectivity index (χ1n) is 10.2. The summed E-state index contributed by atoms with van der Waals surface area (Å²) in [6.45, 7) is 1.10. The molecule has 4 rings (SSSR count). The van der Waals surface area contributed by atoms with Crippen LogP contribution in [0.5, 0.6) is 0 Å². The molecule has 2 aromatic carbocycles. The number of likely N-dealkylation sites (tertiary alicyclic amines) is 1. The number of ether oxygens (including phenoxy) is 2. The van der Waals surface area contributed by atoms with E-state index in [1.54, 1.807) is 0 Å². The summed E-state index contributed by atoms with van der Waals surface area (Å²) >= 11 is 0. The van der Waals surface area contributed by atoms with Gasteiger partial charge < -0.3 is 14.4 Å². The highest BCUT2D eigenvalue weighted by molar-refractivity contribution is 7.89. The molecule has 1 amide bonds. The minimum absolute atomic E-state index is 0.00606. The fourth-order valence-electron chi connectivity index (χ4n) is 4.01. The van der Waals surface area contributed by atoms with E-state index in [2.05, 4.69) is 0 Å². The largest absolute Gasteiger partial charge is 0.445 e. The number of rotatable bonds is 5. The van der Waals surface area contributed by atoms with Crippen molar-refractivity contribution in [1.82, 2.24) is 9.21 Å². The van der Waals surface area contributed by atoms with Gasteiger partial charge in [0.25, 0.3) is 5.69 Å². The minimum atomic E-state index is -3.86. The molecular weight excluding hydrogens is 438 g/mol. The molecular formula is C21H23N3O7S. The van der Waals surface area contributed by atoms with Gasteiger partial charge in [-0.3, -0.25) is 10.1 Å². The molecule has 0 aromatic heterocycles. The monoisotopic (exact) mass is 461 g/mol. The third kappa shape index (κ3) is 4.59. The molecule has 170 valence electrons. The number of nitro benzene ring substituents is 1. The highest BCUT2D eigenvalue weighted by Gasteiger charge is 2.43. The number of carbonyl (C=O) groups excluding carboxylic acids is 1. The summed E-state index contributed by atoms with van der Waals surface area (Å²) in [5.74, 6) is 0. The van der Waals surface area contributed by atoms with Crippen molar-refractivity contribution in [3.05, 3.63) is 70.3 Å². The second kappa shape index (κ2) is 9.23. The number of morpholine rings is 1. The van der Waals surface area contributed by atoms with E-state index in [-0.39, 0.29) is 36.9 Å². The maximum atomic E-state index is 13.2. The van der Waals surface area contributed by atoms with Crippen LogP contribution >= 0.6 is 0 Å². The molecule has 0 aliphatic carbocycles. The summed E-state index contributed by atoms with van der Waals surface area (Å²) < 4.78 is 38.9. The molecule has 2 aliphatic heterocycles. The van der Waals surface area contributed by atoms with E-state index < -0.39 is 33.2 Å². The molecule has 2 atom stereocenters.